The van der Waals surface area contributed by atoms with Crippen LogP contribution in [0.3, 0.4) is 0 Å². The summed E-state index contributed by atoms with van der Waals surface area (Å²) in [7, 11) is 0. The van der Waals surface area contributed by atoms with E-state index in [0.717, 1.165) is 68.7 Å². The Balaban J connectivity index is 2.28. The van der Waals surface area contributed by atoms with Crippen LogP contribution in [-0.2, 0) is 6.54 Å². The van der Waals surface area contributed by atoms with Gasteiger partial charge in [-0.1, -0.05) is 44.0 Å². The number of nitrogens with one attached hydrogen (secondary N) is 1. The fraction of sp³-hybridized carbons (Fsp3) is 0.579. The first-order valence-corrected chi connectivity index (χ1v) is 8.63. The van der Waals surface area contributed by atoms with Crippen molar-refractivity contribution in [3.05, 3.63) is 41.0 Å². The highest BCUT2D eigenvalue weighted by molar-refractivity contribution is 5.72. The molecular formula is C19H28F2N2. The lowest BCUT2D eigenvalue weighted by atomic mass is 9.93. The number of hydrogen-bond acceptors (Lipinski definition) is 2. The largest absolute Gasteiger partial charge is 0.314 e. The van der Waals surface area contributed by atoms with Gasteiger partial charge in [-0.15, -0.1) is 0 Å². The van der Waals surface area contributed by atoms with Crippen LogP contribution in [0.1, 0.15) is 42.9 Å². The van der Waals surface area contributed by atoms with Gasteiger partial charge >= 0.3 is 0 Å². The molecule has 0 radical (unpaired) electrons. The average molecular weight is 322 g/mol. The van der Waals surface area contributed by atoms with Crippen molar-refractivity contribution in [2.75, 3.05) is 26.2 Å². The molecule has 0 aliphatic carbocycles. The summed E-state index contributed by atoms with van der Waals surface area (Å²) in [6, 6.07) is 5.92. The number of alkyl halides is 2. The molecule has 0 saturated carbocycles. The van der Waals surface area contributed by atoms with Crippen molar-refractivity contribution in [3.8, 4) is 0 Å². The molecule has 1 aromatic carbocycles. The van der Waals surface area contributed by atoms with E-state index in [1.165, 1.54) is 0 Å². The molecule has 0 amide bonds. The van der Waals surface area contributed by atoms with Crippen LogP contribution >= 0.6 is 0 Å². The summed E-state index contributed by atoms with van der Waals surface area (Å²) in [6.07, 6.45) is 2.02. The van der Waals surface area contributed by atoms with E-state index in [4.69, 9.17) is 0 Å². The Morgan fingerprint density at radius 2 is 2.04 bits per heavy atom. The van der Waals surface area contributed by atoms with E-state index >= 15 is 0 Å². The van der Waals surface area contributed by atoms with Crippen molar-refractivity contribution < 1.29 is 8.78 Å². The molecule has 0 aromatic heterocycles. The lowest BCUT2D eigenvalue weighted by molar-refractivity contribution is 0.213. The minimum atomic E-state index is -2.42. The summed E-state index contributed by atoms with van der Waals surface area (Å²) in [5.41, 5.74) is 2.94. The quantitative estimate of drug-likeness (QED) is 0.755. The number of hydrogen-bond donors (Lipinski definition) is 1. The zero-order chi connectivity index (χ0) is 16.7. The molecule has 4 heteroatoms. The predicted octanol–water partition coefficient (Wildman–Crippen LogP) is 4.24. The second-order valence-corrected chi connectivity index (χ2v) is 6.24. The van der Waals surface area contributed by atoms with Gasteiger partial charge in [0.1, 0.15) is 0 Å². The molecule has 2 rings (SSSR count). The van der Waals surface area contributed by atoms with Crippen molar-refractivity contribution in [1.82, 2.24) is 10.2 Å². The smallest absolute Gasteiger partial charge is 0.264 e. The van der Waals surface area contributed by atoms with Crippen LogP contribution in [0.25, 0.3) is 5.57 Å². The maximum atomic E-state index is 13.7. The van der Waals surface area contributed by atoms with Crippen LogP contribution in [0, 0.1) is 6.92 Å². The van der Waals surface area contributed by atoms with Crippen LogP contribution < -0.4 is 5.32 Å². The van der Waals surface area contributed by atoms with Crippen LogP contribution in [0.5, 0.6) is 0 Å². The highest BCUT2D eigenvalue weighted by atomic mass is 19.3. The number of piperazine rings is 1. The Kier molecular flexibility index (Phi) is 7.18. The molecule has 1 aliphatic rings. The molecule has 1 N–H and O–H groups in total. The lowest BCUT2D eigenvalue weighted by Gasteiger charge is -2.28. The average Bonchev–Trinajstić information content (AvgIpc) is 2.54. The number of rotatable bonds is 7. The zero-order valence-corrected chi connectivity index (χ0v) is 14.2. The molecule has 1 aliphatic heterocycles. The SMILES string of the molecule is CCCC/C=C(\c1c(C)cccc1CN1CCNCC1)C(F)F. The number of benzene rings is 1. The van der Waals surface area contributed by atoms with Crippen molar-refractivity contribution in [2.45, 2.75) is 46.1 Å². The Hall–Kier alpha value is -1.26. The maximum absolute atomic E-state index is 13.7. The van der Waals surface area contributed by atoms with E-state index in [0.29, 0.717) is 0 Å². The van der Waals surface area contributed by atoms with Crippen LogP contribution in [-0.4, -0.2) is 37.5 Å². The van der Waals surface area contributed by atoms with Gasteiger partial charge in [-0.2, -0.15) is 0 Å². The number of halogens is 2. The van der Waals surface area contributed by atoms with Crippen molar-refractivity contribution >= 4 is 5.57 Å². The number of unbranched alkanes of at least 4 members (excludes halogenated alkanes) is 2. The molecule has 1 saturated heterocycles. The fourth-order valence-electron chi connectivity index (χ4n) is 3.15. The van der Waals surface area contributed by atoms with Crippen LogP contribution in [0.4, 0.5) is 8.78 Å². The summed E-state index contributed by atoms with van der Waals surface area (Å²) < 4.78 is 27.3. The summed E-state index contributed by atoms with van der Waals surface area (Å²) in [5, 5.41) is 3.33. The normalized spacial score (nSPS) is 17.0. The van der Waals surface area contributed by atoms with E-state index in [1.807, 2.05) is 25.1 Å². The topological polar surface area (TPSA) is 15.3 Å². The van der Waals surface area contributed by atoms with E-state index in [9.17, 15) is 8.78 Å². The van der Waals surface area contributed by atoms with E-state index in [-0.39, 0.29) is 5.57 Å². The third-order valence-electron chi connectivity index (χ3n) is 4.41. The molecule has 1 fully saturated rings. The molecule has 23 heavy (non-hydrogen) atoms. The van der Waals surface area contributed by atoms with Gasteiger partial charge in [0.2, 0.25) is 0 Å². The molecule has 128 valence electrons. The highest BCUT2D eigenvalue weighted by Crippen LogP contribution is 2.30. The van der Waals surface area contributed by atoms with Gasteiger partial charge < -0.3 is 5.32 Å². The Labute approximate surface area is 138 Å². The third-order valence-corrected chi connectivity index (χ3v) is 4.41. The molecule has 0 bridgehead atoms. The highest BCUT2D eigenvalue weighted by Gasteiger charge is 2.20. The molecule has 2 nitrogen and oxygen atoms in total. The van der Waals surface area contributed by atoms with Gasteiger partial charge in [0.25, 0.3) is 6.43 Å². The Morgan fingerprint density at radius 3 is 2.70 bits per heavy atom. The maximum Gasteiger partial charge on any atom is 0.264 e. The molecule has 1 aromatic rings. The van der Waals surface area contributed by atoms with Crippen molar-refractivity contribution in [1.29, 1.82) is 0 Å². The monoisotopic (exact) mass is 322 g/mol. The minimum absolute atomic E-state index is 0.210. The molecular weight excluding hydrogens is 294 g/mol. The van der Waals surface area contributed by atoms with Crippen molar-refractivity contribution in [2.24, 2.45) is 0 Å². The van der Waals surface area contributed by atoms with Gasteiger partial charge in [-0.3, -0.25) is 4.90 Å². The number of nitrogens with zero attached hydrogens (tertiary/aromatic N) is 1. The first-order valence-electron chi connectivity index (χ1n) is 8.63. The number of allylic oxidation sites excluding steroid dienone is 2. The van der Waals surface area contributed by atoms with Gasteiger partial charge in [-0.25, -0.2) is 8.78 Å². The van der Waals surface area contributed by atoms with Crippen LogP contribution in [0.15, 0.2) is 24.3 Å². The Morgan fingerprint density at radius 1 is 1.30 bits per heavy atom. The second-order valence-electron chi connectivity index (χ2n) is 6.24. The standard InChI is InChI=1S/C19H28F2N2/c1-3-4-5-9-17(19(20)21)18-15(2)7-6-8-16(18)14-23-12-10-22-11-13-23/h6-9,19,22H,3-5,10-14H2,1-2H3/b17-9+. The van der Waals surface area contributed by atoms with E-state index in [2.05, 4.69) is 17.1 Å². The van der Waals surface area contributed by atoms with Gasteiger partial charge in [0.05, 0.1) is 0 Å². The molecule has 1 heterocycles. The predicted molar refractivity (Wildman–Crippen MR) is 92.8 cm³/mol. The Bertz CT molecular complexity index is 520. The summed E-state index contributed by atoms with van der Waals surface area (Å²) in [6.45, 7) is 8.64. The third kappa shape index (κ3) is 5.11. The second kappa shape index (κ2) is 9.14. The summed E-state index contributed by atoms with van der Waals surface area (Å²) >= 11 is 0. The lowest BCUT2D eigenvalue weighted by Crippen LogP contribution is -2.43. The molecule has 0 unspecified atom stereocenters. The van der Waals surface area contributed by atoms with E-state index < -0.39 is 6.43 Å². The summed E-state index contributed by atoms with van der Waals surface area (Å²) in [5.74, 6) is 0. The fourth-order valence-corrected chi connectivity index (χ4v) is 3.15. The van der Waals surface area contributed by atoms with Gasteiger partial charge in [-0.05, 0) is 30.0 Å². The number of aryl methyl sites for hydroxylation is 1. The molecule has 0 spiro atoms. The minimum Gasteiger partial charge on any atom is -0.314 e. The first-order chi connectivity index (χ1) is 11.1. The van der Waals surface area contributed by atoms with Crippen molar-refractivity contribution in [3.63, 3.8) is 0 Å². The zero-order valence-electron chi connectivity index (χ0n) is 14.2. The summed E-state index contributed by atoms with van der Waals surface area (Å²) in [4.78, 5) is 2.34. The van der Waals surface area contributed by atoms with E-state index in [1.54, 1.807) is 6.08 Å². The van der Waals surface area contributed by atoms with Gasteiger partial charge in [0.15, 0.2) is 0 Å². The van der Waals surface area contributed by atoms with Crippen LogP contribution in [0.2, 0.25) is 0 Å². The van der Waals surface area contributed by atoms with Gasteiger partial charge in [0, 0.05) is 38.3 Å². The molecule has 0 atom stereocenters. The first kappa shape index (κ1) is 18.1.